The molecule has 0 heterocycles. The molecule has 0 radical (unpaired) electrons. The third-order valence-electron chi connectivity index (χ3n) is 2.01. The van der Waals surface area contributed by atoms with Crippen LogP contribution in [0.2, 0.25) is 0 Å². The van der Waals surface area contributed by atoms with Crippen molar-refractivity contribution in [1.29, 1.82) is 0 Å². The van der Waals surface area contributed by atoms with E-state index in [1.165, 1.54) is 0 Å². The Morgan fingerprint density at radius 2 is 1.81 bits per heavy atom. The smallest absolute Gasteiger partial charge is 0.131 e. The lowest BCUT2D eigenvalue weighted by molar-refractivity contribution is 0.597. The number of hydrogen-bond acceptors (Lipinski definition) is 1. The van der Waals surface area contributed by atoms with Crippen LogP contribution in [-0.2, 0) is 4.57 Å². The summed E-state index contributed by atoms with van der Waals surface area (Å²) >= 11 is 0. The van der Waals surface area contributed by atoms with E-state index in [9.17, 15) is 4.57 Å². The SMILES string of the molecule is C=C/C=C\C(=C/C=C)[PH](=O)c1ccccc1. The Hall–Kier alpha value is -1.59. The molecule has 2 heteroatoms. The van der Waals surface area contributed by atoms with Crippen molar-refractivity contribution in [1.82, 2.24) is 0 Å². The molecule has 1 aromatic rings. The molecule has 82 valence electrons. The van der Waals surface area contributed by atoms with Crippen LogP contribution in [0.3, 0.4) is 0 Å². The van der Waals surface area contributed by atoms with Gasteiger partial charge in [0.25, 0.3) is 0 Å². The first-order valence-electron chi connectivity index (χ1n) is 5.01. The Labute approximate surface area is 97.3 Å². The first-order chi connectivity index (χ1) is 7.79. The summed E-state index contributed by atoms with van der Waals surface area (Å²) in [6.07, 6.45) is 8.67. The molecule has 0 amide bonds. The van der Waals surface area contributed by atoms with Gasteiger partial charge in [-0.2, -0.15) is 0 Å². The molecule has 0 N–H and O–H groups in total. The standard InChI is InChI=1S/C14H15OP/c1-3-5-10-13(9-4-2)16(15)14-11-7-6-8-12-14/h3-12,16H,1-2H2/b10-5-,13-9+. The van der Waals surface area contributed by atoms with Gasteiger partial charge in [-0.15, -0.1) is 0 Å². The molecule has 0 spiro atoms. The Kier molecular flexibility index (Phi) is 5.31. The van der Waals surface area contributed by atoms with Gasteiger partial charge in [0.15, 0.2) is 0 Å². The van der Waals surface area contributed by atoms with E-state index in [1.807, 2.05) is 36.4 Å². The van der Waals surface area contributed by atoms with Crippen molar-refractivity contribution in [2.24, 2.45) is 0 Å². The minimum absolute atomic E-state index is 0.783. The molecule has 0 aliphatic carbocycles. The first-order valence-corrected chi connectivity index (χ1v) is 6.42. The predicted octanol–water partition coefficient (Wildman–Crippen LogP) is 3.68. The third kappa shape index (κ3) is 3.52. The molecule has 0 saturated heterocycles. The van der Waals surface area contributed by atoms with E-state index in [2.05, 4.69) is 13.2 Å². The van der Waals surface area contributed by atoms with Crippen molar-refractivity contribution >= 4 is 13.1 Å². The Morgan fingerprint density at radius 1 is 1.12 bits per heavy atom. The molecule has 0 aromatic heterocycles. The molecule has 1 unspecified atom stereocenters. The number of rotatable bonds is 5. The van der Waals surface area contributed by atoms with Gasteiger partial charge in [0, 0.05) is 10.6 Å². The van der Waals surface area contributed by atoms with Crippen LogP contribution in [0.15, 0.2) is 79.2 Å². The lowest BCUT2D eigenvalue weighted by atomic mass is 10.4. The summed E-state index contributed by atoms with van der Waals surface area (Å²) in [5.74, 6) is 0. The van der Waals surface area contributed by atoms with Gasteiger partial charge in [-0.3, -0.25) is 0 Å². The van der Waals surface area contributed by atoms with E-state index in [0.29, 0.717) is 0 Å². The van der Waals surface area contributed by atoms with Crippen molar-refractivity contribution in [2.75, 3.05) is 0 Å². The van der Waals surface area contributed by atoms with Gasteiger partial charge in [-0.25, -0.2) is 0 Å². The second kappa shape index (κ2) is 6.81. The lowest BCUT2D eigenvalue weighted by Gasteiger charge is -2.02. The van der Waals surface area contributed by atoms with Crippen LogP contribution in [0.1, 0.15) is 0 Å². The van der Waals surface area contributed by atoms with Crippen LogP contribution in [0, 0.1) is 0 Å². The predicted molar refractivity (Wildman–Crippen MR) is 72.7 cm³/mol. The van der Waals surface area contributed by atoms with E-state index in [0.717, 1.165) is 10.6 Å². The van der Waals surface area contributed by atoms with E-state index < -0.39 is 7.80 Å². The molecular formula is C14H15OP. The highest BCUT2D eigenvalue weighted by Gasteiger charge is 2.05. The molecule has 16 heavy (non-hydrogen) atoms. The van der Waals surface area contributed by atoms with Crippen LogP contribution >= 0.6 is 7.80 Å². The molecule has 0 aliphatic rings. The topological polar surface area (TPSA) is 17.1 Å². The molecule has 0 aliphatic heterocycles. The molecule has 1 atom stereocenters. The zero-order valence-electron chi connectivity index (χ0n) is 9.10. The van der Waals surface area contributed by atoms with Crippen molar-refractivity contribution in [2.45, 2.75) is 0 Å². The second-order valence-electron chi connectivity index (χ2n) is 3.15. The summed E-state index contributed by atoms with van der Waals surface area (Å²) in [5, 5.41) is 1.64. The van der Waals surface area contributed by atoms with Gasteiger partial charge in [-0.1, -0.05) is 73.9 Å². The summed E-state index contributed by atoms with van der Waals surface area (Å²) in [6, 6.07) is 9.44. The van der Waals surface area contributed by atoms with Crippen LogP contribution in [0.5, 0.6) is 0 Å². The van der Waals surface area contributed by atoms with Crippen molar-refractivity contribution in [3.8, 4) is 0 Å². The zero-order valence-corrected chi connectivity index (χ0v) is 10.1. The van der Waals surface area contributed by atoms with Crippen LogP contribution in [-0.4, -0.2) is 0 Å². The monoisotopic (exact) mass is 230 g/mol. The van der Waals surface area contributed by atoms with Gasteiger partial charge in [0.2, 0.25) is 0 Å². The maximum Gasteiger partial charge on any atom is 0.131 e. The van der Waals surface area contributed by atoms with Gasteiger partial charge in [0.05, 0.1) is 0 Å². The van der Waals surface area contributed by atoms with Gasteiger partial charge in [0.1, 0.15) is 7.80 Å². The molecule has 0 saturated carbocycles. The average Bonchev–Trinajstić information content (AvgIpc) is 2.35. The van der Waals surface area contributed by atoms with Crippen LogP contribution < -0.4 is 5.30 Å². The van der Waals surface area contributed by atoms with Crippen LogP contribution in [0.4, 0.5) is 0 Å². The highest BCUT2D eigenvalue weighted by Crippen LogP contribution is 2.32. The van der Waals surface area contributed by atoms with E-state index >= 15 is 0 Å². The maximum absolute atomic E-state index is 12.2. The Bertz CT molecular complexity index is 441. The van der Waals surface area contributed by atoms with Crippen molar-refractivity contribution in [3.63, 3.8) is 0 Å². The summed E-state index contributed by atoms with van der Waals surface area (Å²) in [5.41, 5.74) is 0. The second-order valence-corrected chi connectivity index (χ2v) is 4.96. The fraction of sp³-hybridized carbons (Fsp3) is 0. The molecular weight excluding hydrogens is 215 g/mol. The third-order valence-corrected chi connectivity index (χ3v) is 3.72. The quantitative estimate of drug-likeness (QED) is 0.557. The van der Waals surface area contributed by atoms with Gasteiger partial charge >= 0.3 is 0 Å². The fourth-order valence-electron chi connectivity index (χ4n) is 1.26. The summed E-state index contributed by atoms with van der Waals surface area (Å²) in [7, 11) is -1.94. The number of allylic oxidation sites excluding steroid dienone is 6. The first kappa shape index (κ1) is 12.5. The van der Waals surface area contributed by atoms with E-state index in [4.69, 9.17) is 0 Å². The maximum atomic E-state index is 12.2. The summed E-state index contributed by atoms with van der Waals surface area (Å²) < 4.78 is 12.2. The molecule has 1 aromatic carbocycles. The van der Waals surface area contributed by atoms with Crippen molar-refractivity contribution in [3.05, 3.63) is 79.2 Å². The molecule has 0 bridgehead atoms. The van der Waals surface area contributed by atoms with E-state index in [1.54, 1.807) is 24.3 Å². The minimum atomic E-state index is -1.94. The minimum Gasteiger partial charge on any atom is -0.317 e. The Balaban J connectivity index is 3.01. The largest absolute Gasteiger partial charge is 0.317 e. The number of benzene rings is 1. The average molecular weight is 230 g/mol. The van der Waals surface area contributed by atoms with Gasteiger partial charge < -0.3 is 4.57 Å². The highest BCUT2D eigenvalue weighted by molar-refractivity contribution is 7.58. The summed E-state index contributed by atoms with van der Waals surface area (Å²) in [6.45, 7) is 7.22. The van der Waals surface area contributed by atoms with Gasteiger partial charge in [-0.05, 0) is 0 Å². The molecule has 1 rings (SSSR count). The number of hydrogen-bond donors (Lipinski definition) is 0. The molecule has 0 fully saturated rings. The Morgan fingerprint density at radius 3 is 2.38 bits per heavy atom. The highest BCUT2D eigenvalue weighted by atomic mass is 31.1. The normalized spacial score (nSPS) is 13.6. The lowest BCUT2D eigenvalue weighted by Crippen LogP contribution is -1.94. The van der Waals surface area contributed by atoms with Crippen molar-refractivity contribution < 1.29 is 4.57 Å². The molecule has 1 nitrogen and oxygen atoms in total. The zero-order chi connectivity index (χ0) is 11.8. The van der Waals surface area contributed by atoms with E-state index in [-0.39, 0.29) is 0 Å². The fourth-order valence-corrected chi connectivity index (χ4v) is 2.61. The summed E-state index contributed by atoms with van der Waals surface area (Å²) in [4.78, 5) is 0. The van der Waals surface area contributed by atoms with Crippen LogP contribution in [0.25, 0.3) is 0 Å².